The maximum Gasteiger partial charge on any atom is 0.408 e. The van der Waals surface area contributed by atoms with Gasteiger partial charge in [0.1, 0.15) is 37.5 Å². The molecule has 11 heteroatoms. The molecule has 0 saturated heterocycles. The summed E-state index contributed by atoms with van der Waals surface area (Å²) in [4.78, 5) is 50.6. The van der Waals surface area contributed by atoms with Gasteiger partial charge in [0.2, 0.25) is 0 Å². The highest BCUT2D eigenvalue weighted by molar-refractivity contribution is 7.99. The molecule has 1 aliphatic carbocycles. The van der Waals surface area contributed by atoms with Crippen molar-refractivity contribution in [3.05, 3.63) is 85.0 Å². The van der Waals surface area contributed by atoms with Gasteiger partial charge < -0.3 is 29.6 Å². The molecule has 2 atom stereocenters. The summed E-state index contributed by atoms with van der Waals surface area (Å²) in [6, 6.07) is 13.8. The van der Waals surface area contributed by atoms with Crippen molar-refractivity contribution in [2.24, 2.45) is 0 Å². The summed E-state index contributed by atoms with van der Waals surface area (Å²) in [7, 11) is 0. The quantitative estimate of drug-likeness (QED) is 0.173. The molecule has 0 aromatic heterocycles. The van der Waals surface area contributed by atoms with Gasteiger partial charge in [0.05, 0.1) is 0 Å². The molecule has 230 valence electrons. The minimum Gasteiger partial charge on any atom is -0.460 e. The first kappa shape index (κ1) is 33.3. The number of hydrogen-bond acceptors (Lipinski definition) is 9. The molecule has 2 N–H and O–H groups in total. The van der Waals surface area contributed by atoms with Crippen molar-refractivity contribution in [3.8, 4) is 11.1 Å². The second kappa shape index (κ2) is 15.8. The number of ether oxygens (including phenoxy) is 4. The Morgan fingerprint density at radius 3 is 1.81 bits per heavy atom. The lowest BCUT2D eigenvalue weighted by atomic mass is 9.98. The van der Waals surface area contributed by atoms with Crippen LogP contribution in [0.25, 0.3) is 11.1 Å². The van der Waals surface area contributed by atoms with Crippen LogP contribution < -0.4 is 10.6 Å². The molecule has 3 rings (SSSR count). The Kier molecular flexibility index (Phi) is 12.2. The average Bonchev–Trinajstić information content (AvgIpc) is 3.29. The number of nitrogens with one attached hydrogen (secondary N) is 2. The number of esters is 2. The van der Waals surface area contributed by atoms with Crippen molar-refractivity contribution in [3.63, 3.8) is 0 Å². The number of carbonyl (C=O) groups is 4. The summed E-state index contributed by atoms with van der Waals surface area (Å²) >= 11 is 1.13. The Bertz CT molecular complexity index is 1280. The first-order valence-corrected chi connectivity index (χ1v) is 14.9. The van der Waals surface area contributed by atoms with Gasteiger partial charge >= 0.3 is 24.1 Å². The Morgan fingerprint density at radius 1 is 0.791 bits per heavy atom. The van der Waals surface area contributed by atoms with Gasteiger partial charge in [0.25, 0.3) is 0 Å². The molecule has 0 bridgehead atoms. The van der Waals surface area contributed by atoms with Crippen molar-refractivity contribution < 1.29 is 38.1 Å². The highest BCUT2D eigenvalue weighted by Gasteiger charge is 2.32. The van der Waals surface area contributed by atoms with Crippen LogP contribution in [0.15, 0.2) is 73.8 Å². The Morgan fingerprint density at radius 2 is 1.28 bits per heavy atom. The molecule has 2 amide bonds. The van der Waals surface area contributed by atoms with Crippen molar-refractivity contribution in [2.75, 3.05) is 31.3 Å². The van der Waals surface area contributed by atoms with Crippen LogP contribution in [0.5, 0.6) is 0 Å². The van der Waals surface area contributed by atoms with Gasteiger partial charge in [-0.2, -0.15) is 11.8 Å². The smallest absolute Gasteiger partial charge is 0.408 e. The predicted molar refractivity (Wildman–Crippen MR) is 165 cm³/mol. The van der Waals surface area contributed by atoms with Crippen molar-refractivity contribution in [1.82, 2.24) is 10.6 Å². The van der Waals surface area contributed by atoms with Crippen LogP contribution in [0.4, 0.5) is 9.59 Å². The Balaban J connectivity index is 1.65. The van der Waals surface area contributed by atoms with E-state index in [0.29, 0.717) is 0 Å². The zero-order valence-electron chi connectivity index (χ0n) is 24.6. The highest BCUT2D eigenvalue weighted by atomic mass is 32.2. The molecule has 0 fully saturated rings. The Hall–Kier alpha value is -4.25. The molecular weight excluding hydrogens is 572 g/mol. The monoisotopic (exact) mass is 610 g/mol. The number of benzene rings is 2. The largest absolute Gasteiger partial charge is 0.460 e. The summed E-state index contributed by atoms with van der Waals surface area (Å²) in [5, 5.41) is 5.05. The molecule has 0 radical (unpaired) electrons. The lowest BCUT2D eigenvalue weighted by molar-refractivity contribution is -0.156. The minimum atomic E-state index is -1.10. The van der Waals surface area contributed by atoms with E-state index in [1.165, 1.54) is 12.2 Å². The number of rotatable bonds is 14. The topological polar surface area (TPSA) is 129 Å². The van der Waals surface area contributed by atoms with Gasteiger partial charge in [0, 0.05) is 17.4 Å². The fourth-order valence-electron chi connectivity index (χ4n) is 4.36. The van der Waals surface area contributed by atoms with E-state index in [1.807, 2.05) is 48.5 Å². The number of amides is 2. The zero-order valence-corrected chi connectivity index (χ0v) is 25.4. The third kappa shape index (κ3) is 9.92. The van der Waals surface area contributed by atoms with E-state index in [4.69, 9.17) is 18.9 Å². The van der Waals surface area contributed by atoms with Gasteiger partial charge in [0.15, 0.2) is 0 Å². The summed E-state index contributed by atoms with van der Waals surface area (Å²) < 4.78 is 21.1. The van der Waals surface area contributed by atoms with Gasteiger partial charge in [-0.25, -0.2) is 19.2 Å². The molecule has 0 heterocycles. The minimum absolute atomic E-state index is 0.0187. The molecule has 1 aliphatic rings. The van der Waals surface area contributed by atoms with E-state index in [0.717, 1.165) is 34.0 Å². The van der Waals surface area contributed by atoms with Crippen LogP contribution in [0, 0.1) is 0 Å². The average molecular weight is 611 g/mol. The first-order chi connectivity index (χ1) is 20.5. The van der Waals surface area contributed by atoms with Crippen molar-refractivity contribution >= 4 is 35.9 Å². The zero-order chi connectivity index (χ0) is 31.4. The van der Waals surface area contributed by atoms with E-state index in [2.05, 4.69) is 23.8 Å². The number of thioether (sulfide) groups is 1. The number of fused-ring (bicyclic) bond motifs is 3. The van der Waals surface area contributed by atoms with Crippen molar-refractivity contribution in [1.29, 1.82) is 0 Å². The maximum absolute atomic E-state index is 13.0. The first-order valence-electron chi connectivity index (χ1n) is 13.8. The number of alkyl carbamates (subject to hydrolysis) is 2. The molecule has 0 aliphatic heterocycles. The van der Waals surface area contributed by atoms with Crippen LogP contribution in [0.3, 0.4) is 0 Å². The number of hydrogen-bond donors (Lipinski definition) is 2. The summed E-state index contributed by atoms with van der Waals surface area (Å²) in [6.45, 7) is 12.1. The fourth-order valence-corrected chi connectivity index (χ4v) is 5.40. The predicted octanol–water partition coefficient (Wildman–Crippen LogP) is 4.98. The number of carbonyl (C=O) groups excluding carboxylic acids is 4. The van der Waals surface area contributed by atoms with Crippen molar-refractivity contribution in [2.45, 2.75) is 44.4 Å². The summed E-state index contributed by atoms with van der Waals surface area (Å²) in [5.41, 5.74) is 3.50. The van der Waals surface area contributed by atoms with Crippen LogP contribution >= 0.6 is 11.8 Å². The van der Waals surface area contributed by atoms with Crippen LogP contribution in [0.1, 0.15) is 37.8 Å². The standard InChI is InChI=1S/C32H38N2O8S/c1-6-16-39-28(35)26(33-30(37)40-17-7-2)19-43-20-27(29(36)42-32(3,4)5)34-31(38)41-18-25-23-14-10-8-12-21(23)22-13-9-11-15-24(22)25/h6-15,25-27H,1-2,16-20H2,3-5H3,(H,33,37)(H,34,38)/t26-,27-/m0/s1. The SMILES string of the molecule is C=CCOC(=O)N[C@@H](CSC[C@H](NC(=O)OCC1c2ccccc2-c2ccccc21)C(=O)OC(C)(C)C)C(=O)OCC=C. The van der Waals surface area contributed by atoms with Gasteiger partial charge in [-0.05, 0) is 43.0 Å². The van der Waals surface area contributed by atoms with Crippen LogP contribution in [-0.2, 0) is 28.5 Å². The van der Waals surface area contributed by atoms with E-state index in [9.17, 15) is 19.2 Å². The normalized spacial score (nSPS) is 13.4. The van der Waals surface area contributed by atoms with Crippen LogP contribution in [0.2, 0.25) is 0 Å². The third-order valence-electron chi connectivity index (χ3n) is 6.15. The lowest BCUT2D eigenvalue weighted by Crippen LogP contribution is -2.47. The molecule has 2 aromatic rings. The molecule has 43 heavy (non-hydrogen) atoms. The summed E-state index contributed by atoms with van der Waals surface area (Å²) in [5.74, 6) is -1.49. The molecule has 0 spiro atoms. The van der Waals surface area contributed by atoms with E-state index in [-0.39, 0.29) is 37.2 Å². The van der Waals surface area contributed by atoms with E-state index in [1.54, 1.807) is 20.8 Å². The lowest BCUT2D eigenvalue weighted by Gasteiger charge is -2.25. The summed E-state index contributed by atoms with van der Waals surface area (Å²) in [6.07, 6.45) is 1.17. The fraction of sp³-hybridized carbons (Fsp3) is 0.375. The molecule has 2 aromatic carbocycles. The van der Waals surface area contributed by atoms with Gasteiger partial charge in [-0.15, -0.1) is 0 Å². The van der Waals surface area contributed by atoms with Crippen LogP contribution in [-0.4, -0.2) is 73.1 Å². The molecule has 0 unspecified atom stereocenters. The molecular formula is C32H38N2O8S. The highest BCUT2D eigenvalue weighted by Crippen LogP contribution is 2.44. The maximum atomic E-state index is 13.0. The Labute approximate surface area is 256 Å². The van der Waals surface area contributed by atoms with E-state index >= 15 is 0 Å². The van der Waals surface area contributed by atoms with Gasteiger partial charge in [-0.1, -0.05) is 73.8 Å². The second-order valence-electron chi connectivity index (χ2n) is 10.6. The second-order valence-corrected chi connectivity index (χ2v) is 11.7. The molecule has 10 nitrogen and oxygen atoms in total. The molecule has 0 saturated carbocycles. The third-order valence-corrected chi connectivity index (χ3v) is 7.29. The van der Waals surface area contributed by atoms with Gasteiger partial charge in [-0.3, -0.25) is 0 Å². The van der Waals surface area contributed by atoms with E-state index < -0.39 is 41.8 Å².